The molecule has 0 saturated heterocycles. The van der Waals surface area contributed by atoms with Gasteiger partial charge in [0.15, 0.2) is 0 Å². The molecule has 0 spiro atoms. The maximum absolute atomic E-state index is 9.40. The molecule has 2 nitrogen and oxygen atoms in total. The largest absolute Gasteiger partial charge is 0.508 e. The summed E-state index contributed by atoms with van der Waals surface area (Å²) in [4.78, 5) is 2.25. The fraction of sp³-hybridized carbons (Fsp3) is 0. The molecule has 1 heterocycles. The third-order valence-electron chi connectivity index (χ3n) is 2.34. The minimum atomic E-state index is 0.308. The molecule has 15 heavy (non-hydrogen) atoms. The quantitative estimate of drug-likeness (QED) is 0.562. The van der Waals surface area contributed by atoms with Crippen LogP contribution in [0.1, 0.15) is 0 Å². The van der Waals surface area contributed by atoms with Gasteiger partial charge < -0.3 is 10.4 Å². The van der Waals surface area contributed by atoms with E-state index in [0.717, 1.165) is 16.3 Å². The smallest absolute Gasteiger partial charge is 0.116 e. The van der Waals surface area contributed by atoms with Crippen LogP contribution in [0.5, 0.6) is 5.75 Å². The minimum absolute atomic E-state index is 0.308. The van der Waals surface area contributed by atoms with Gasteiger partial charge in [-0.2, -0.15) is 0 Å². The molecule has 0 radical (unpaired) electrons. The monoisotopic (exact) mass is 215 g/mol. The highest BCUT2D eigenvalue weighted by molar-refractivity contribution is 7.99. The minimum Gasteiger partial charge on any atom is -0.508 e. The first-order chi connectivity index (χ1) is 7.33. The van der Waals surface area contributed by atoms with Crippen LogP contribution in [0.4, 0.5) is 11.4 Å². The molecule has 0 unspecified atom stereocenters. The Kier molecular flexibility index (Phi) is 1.86. The number of aromatic hydroxyl groups is 1. The fourth-order valence-corrected chi connectivity index (χ4v) is 2.64. The molecule has 3 rings (SSSR count). The van der Waals surface area contributed by atoms with Crippen LogP contribution in [0.15, 0.2) is 52.3 Å². The van der Waals surface area contributed by atoms with Crippen LogP contribution in [0.3, 0.4) is 0 Å². The van der Waals surface area contributed by atoms with E-state index >= 15 is 0 Å². The molecule has 3 heteroatoms. The summed E-state index contributed by atoms with van der Waals surface area (Å²) in [5.41, 5.74) is 2.18. The van der Waals surface area contributed by atoms with Crippen molar-refractivity contribution in [2.45, 2.75) is 9.79 Å². The van der Waals surface area contributed by atoms with E-state index in [1.54, 1.807) is 23.9 Å². The molecule has 0 amide bonds. The number of nitrogens with one attached hydrogen (secondary N) is 1. The molecule has 0 saturated carbocycles. The maximum Gasteiger partial charge on any atom is 0.116 e. The average molecular weight is 215 g/mol. The van der Waals surface area contributed by atoms with Gasteiger partial charge in [0.05, 0.1) is 11.4 Å². The Morgan fingerprint density at radius 2 is 1.73 bits per heavy atom. The van der Waals surface area contributed by atoms with Gasteiger partial charge in [0, 0.05) is 9.79 Å². The molecule has 0 aliphatic carbocycles. The first-order valence-corrected chi connectivity index (χ1v) is 5.51. The molecule has 0 fully saturated rings. The summed E-state index contributed by atoms with van der Waals surface area (Å²) in [6.45, 7) is 0. The highest BCUT2D eigenvalue weighted by atomic mass is 32.2. The average Bonchev–Trinajstić information content (AvgIpc) is 2.26. The third kappa shape index (κ3) is 1.45. The lowest BCUT2D eigenvalue weighted by Gasteiger charge is -2.20. The highest BCUT2D eigenvalue weighted by Gasteiger charge is 2.14. The Morgan fingerprint density at radius 1 is 0.933 bits per heavy atom. The third-order valence-corrected chi connectivity index (χ3v) is 3.48. The zero-order chi connectivity index (χ0) is 10.3. The van der Waals surface area contributed by atoms with Crippen molar-refractivity contribution in [2.75, 3.05) is 5.32 Å². The summed E-state index contributed by atoms with van der Waals surface area (Å²) < 4.78 is 0. The van der Waals surface area contributed by atoms with Crippen LogP contribution in [0, 0.1) is 0 Å². The second-order valence-corrected chi connectivity index (χ2v) is 4.49. The van der Waals surface area contributed by atoms with Crippen LogP contribution in [0.2, 0.25) is 0 Å². The molecule has 74 valence electrons. The van der Waals surface area contributed by atoms with Crippen molar-refractivity contribution in [3.8, 4) is 5.75 Å². The Morgan fingerprint density at radius 3 is 2.67 bits per heavy atom. The predicted octanol–water partition coefficient (Wildman–Crippen LogP) is 3.60. The number of para-hydroxylation sites is 1. The normalized spacial score (nSPS) is 12.5. The van der Waals surface area contributed by atoms with Gasteiger partial charge in [0.25, 0.3) is 0 Å². The summed E-state index contributed by atoms with van der Waals surface area (Å²) in [5, 5.41) is 12.7. The standard InChI is InChI=1S/C12H9NOS/c14-8-5-6-10-12(7-8)15-11-4-2-1-3-9(11)13-10/h1-7,13-14H. The van der Waals surface area contributed by atoms with E-state index in [1.165, 1.54) is 4.90 Å². The van der Waals surface area contributed by atoms with Crippen molar-refractivity contribution in [1.29, 1.82) is 0 Å². The molecule has 2 aromatic rings. The number of fused-ring (bicyclic) bond motifs is 2. The zero-order valence-corrected chi connectivity index (χ0v) is 8.71. The lowest BCUT2D eigenvalue weighted by atomic mass is 10.2. The molecule has 0 atom stereocenters. The Balaban J connectivity index is 2.11. The second kappa shape index (κ2) is 3.21. The first-order valence-electron chi connectivity index (χ1n) is 4.70. The SMILES string of the molecule is Oc1ccc2c(c1)Sc1ccccc1N2. The van der Waals surface area contributed by atoms with E-state index in [0.29, 0.717) is 5.75 Å². The number of rotatable bonds is 0. The van der Waals surface area contributed by atoms with Crippen LogP contribution >= 0.6 is 11.8 Å². The summed E-state index contributed by atoms with van der Waals surface area (Å²) in [6.07, 6.45) is 0. The number of phenolic OH excluding ortho intramolecular Hbond substituents is 1. The highest BCUT2D eigenvalue weighted by Crippen LogP contribution is 2.44. The van der Waals surface area contributed by atoms with E-state index < -0.39 is 0 Å². The van der Waals surface area contributed by atoms with Gasteiger partial charge in [0.2, 0.25) is 0 Å². The molecule has 0 bridgehead atoms. The van der Waals surface area contributed by atoms with Gasteiger partial charge in [0.1, 0.15) is 5.75 Å². The van der Waals surface area contributed by atoms with Crippen molar-refractivity contribution in [3.63, 3.8) is 0 Å². The summed E-state index contributed by atoms with van der Waals surface area (Å²) in [6, 6.07) is 13.5. The van der Waals surface area contributed by atoms with E-state index in [2.05, 4.69) is 17.4 Å². The lowest BCUT2D eigenvalue weighted by molar-refractivity contribution is 0.474. The Labute approximate surface area is 91.9 Å². The summed E-state index contributed by atoms with van der Waals surface area (Å²) in [5.74, 6) is 0.308. The molecule has 2 aromatic carbocycles. The number of hydrogen-bond acceptors (Lipinski definition) is 3. The fourth-order valence-electron chi connectivity index (χ4n) is 1.62. The predicted molar refractivity (Wildman–Crippen MR) is 62.0 cm³/mol. The number of phenols is 1. The van der Waals surface area contributed by atoms with Crippen LogP contribution in [0.25, 0.3) is 0 Å². The maximum atomic E-state index is 9.40. The van der Waals surface area contributed by atoms with E-state index in [9.17, 15) is 5.11 Å². The number of anilines is 2. The molecule has 1 aliphatic rings. The molecular formula is C12H9NOS. The topological polar surface area (TPSA) is 32.3 Å². The van der Waals surface area contributed by atoms with Crippen LogP contribution < -0.4 is 5.32 Å². The lowest BCUT2D eigenvalue weighted by Crippen LogP contribution is -1.98. The van der Waals surface area contributed by atoms with Gasteiger partial charge >= 0.3 is 0 Å². The van der Waals surface area contributed by atoms with Crippen molar-refractivity contribution >= 4 is 23.1 Å². The summed E-state index contributed by atoms with van der Waals surface area (Å²) in [7, 11) is 0. The van der Waals surface area contributed by atoms with Crippen molar-refractivity contribution < 1.29 is 5.11 Å². The number of hydrogen-bond donors (Lipinski definition) is 2. The summed E-state index contributed by atoms with van der Waals surface area (Å²) >= 11 is 1.67. The van der Waals surface area contributed by atoms with Gasteiger partial charge in [-0.15, -0.1) is 0 Å². The van der Waals surface area contributed by atoms with Crippen molar-refractivity contribution in [1.82, 2.24) is 0 Å². The molecular weight excluding hydrogens is 206 g/mol. The molecule has 2 N–H and O–H groups in total. The van der Waals surface area contributed by atoms with Crippen molar-refractivity contribution in [3.05, 3.63) is 42.5 Å². The van der Waals surface area contributed by atoms with Gasteiger partial charge in [-0.25, -0.2) is 0 Å². The van der Waals surface area contributed by atoms with E-state index in [4.69, 9.17) is 0 Å². The van der Waals surface area contributed by atoms with Crippen molar-refractivity contribution in [2.24, 2.45) is 0 Å². The molecule has 0 aromatic heterocycles. The van der Waals surface area contributed by atoms with Gasteiger partial charge in [-0.05, 0) is 30.3 Å². The second-order valence-electron chi connectivity index (χ2n) is 3.40. The first kappa shape index (κ1) is 8.68. The zero-order valence-electron chi connectivity index (χ0n) is 7.90. The van der Waals surface area contributed by atoms with E-state index in [1.807, 2.05) is 18.2 Å². The Bertz CT molecular complexity index is 525. The van der Waals surface area contributed by atoms with Gasteiger partial charge in [-0.3, -0.25) is 0 Å². The van der Waals surface area contributed by atoms with E-state index in [-0.39, 0.29) is 0 Å². The molecule has 1 aliphatic heterocycles. The number of benzene rings is 2. The Hall–Kier alpha value is -1.61. The van der Waals surface area contributed by atoms with Crippen LogP contribution in [-0.4, -0.2) is 5.11 Å². The van der Waals surface area contributed by atoms with Gasteiger partial charge in [-0.1, -0.05) is 23.9 Å². The van der Waals surface area contributed by atoms with Crippen LogP contribution in [-0.2, 0) is 0 Å².